The van der Waals surface area contributed by atoms with Gasteiger partial charge in [0.05, 0.1) is 23.5 Å². The highest BCUT2D eigenvalue weighted by atomic mass is 16.4. The van der Waals surface area contributed by atoms with Crippen molar-refractivity contribution in [1.82, 2.24) is 29.4 Å². The molecule has 2 aromatic rings. The van der Waals surface area contributed by atoms with E-state index < -0.39 is 11.9 Å². The summed E-state index contributed by atoms with van der Waals surface area (Å²) in [4.78, 5) is 48.9. The molecule has 3 N–H and O–H groups in total. The van der Waals surface area contributed by atoms with Crippen molar-refractivity contribution in [2.24, 2.45) is 19.8 Å². The minimum atomic E-state index is -1.13. The lowest BCUT2D eigenvalue weighted by Crippen LogP contribution is -2.42. The van der Waals surface area contributed by atoms with E-state index in [0.717, 1.165) is 25.9 Å². The molecule has 0 radical (unpaired) electrons. The molecule has 2 saturated heterocycles. The highest BCUT2D eigenvalue weighted by molar-refractivity contribution is 6.06. The highest BCUT2D eigenvalue weighted by Gasteiger charge is 2.29. The van der Waals surface area contributed by atoms with Crippen LogP contribution in [0.2, 0.25) is 0 Å². The average Bonchev–Trinajstić information content (AvgIpc) is 1.67. The van der Waals surface area contributed by atoms with Gasteiger partial charge < -0.3 is 20.6 Å². The van der Waals surface area contributed by atoms with Crippen molar-refractivity contribution in [2.75, 3.05) is 26.2 Å². The molecule has 0 bridgehead atoms. The molecule has 0 unspecified atom stereocenters. The summed E-state index contributed by atoms with van der Waals surface area (Å²) in [5, 5.41) is 16.6. The fraction of sp³-hybridized carbons (Fsp3) is 0.0667. The molecule has 0 aliphatic carbocycles. The molecule has 4 rings (SSSR count). The van der Waals surface area contributed by atoms with E-state index in [0.29, 0.717) is 18.7 Å². The summed E-state index contributed by atoms with van der Waals surface area (Å²) in [5.74, 6) is 285. The zero-order chi connectivity index (χ0) is 105. The maximum absolute atomic E-state index is 11.8. The number of nitrogens with zero attached hydrogens (tertiary/aromatic N) is 6. The predicted octanol–water partition coefficient (Wildman–Crippen LogP) is 0.162. The Labute approximate surface area is 859 Å². The minimum absolute atomic E-state index is 0.0492. The molecule has 147 heavy (non-hydrogen) atoms. The van der Waals surface area contributed by atoms with Crippen LogP contribution in [0.4, 0.5) is 0 Å². The number of hydrogen-bond donors (Lipinski definition) is 2. The molecule has 2 aliphatic rings. The lowest BCUT2D eigenvalue weighted by atomic mass is 10.1. The third kappa shape index (κ3) is 71.4. The van der Waals surface area contributed by atoms with Crippen LogP contribution in [0.25, 0.3) is 0 Å². The van der Waals surface area contributed by atoms with Gasteiger partial charge in [0.25, 0.3) is 17.7 Å². The summed E-state index contributed by atoms with van der Waals surface area (Å²) in [7, 11) is 3.10. The summed E-state index contributed by atoms with van der Waals surface area (Å²) in [6.07, 6.45) is 9.65. The number of hydrogen-bond acceptors (Lipinski definition) is 6. The van der Waals surface area contributed by atoms with E-state index in [9.17, 15) is 19.2 Å². The molecule has 3 amide bonds. The van der Waals surface area contributed by atoms with Crippen LogP contribution in [0.15, 0.2) is 12.4 Å². The van der Waals surface area contributed by atoms with Gasteiger partial charge in [-0.05, 0) is 114 Å². The average molecular weight is 1830 g/mol. The minimum Gasteiger partial charge on any atom is -0.477 e. The predicted molar refractivity (Wildman–Crippen MR) is 561 cm³/mol. The largest absolute Gasteiger partial charge is 0.477 e. The van der Waals surface area contributed by atoms with Gasteiger partial charge >= 0.3 is 5.97 Å². The van der Waals surface area contributed by atoms with Crippen LogP contribution in [-0.2, 0) is 14.1 Å². The van der Waals surface area contributed by atoms with Gasteiger partial charge in [0.2, 0.25) is 0 Å². The van der Waals surface area contributed by atoms with E-state index in [4.69, 9.17) is 17.3 Å². The van der Waals surface area contributed by atoms with Gasteiger partial charge in [-0.2, -0.15) is 10.2 Å². The maximum Gasteiger partial charge on any atom is 0.354 e. The number of rotatable bonds is 4. The van der Waals surface area contributed by atoms with E-state index in [2.05, 4.69) is 691 Å². The monoisotopic (exact) mass is 1830 g/mol. The van der Waals surface area contributed by atoms with E-state index in [1.165, 1.54) is 28.8 Å². The first-order chi connectivity index (χ1) is 72.6. The molecule has 12 nitrogen and oxygen atoms in total. The molecule has 0 atom stereocenters. The van der Waals surface area contributed by atoms with Gasteiger partial charge in [-0.3, -0.25) is 23.7 Å². The number of likely N-dealkylation sites (tertiary alicyclic amines) is 2. The SMILES string of the molecule is C#CC#CC#CC#CC#CC#CC#CC#CC#CC#CC#CC#CC#CC#CC#CC#CC#CC#CC#CC#CC#CC#CC#CC#CC#CC#CC#CC#CC#CC#CC#CC#CC#CC#CC#CC#CC#CC#CC#CC#CC#CC#CC#CC#CC#CC#CC#CC#CC#CC#CC#CC#CC#CC#CC#CC#CC#CC#CC.Cn1ncc(C(=O)N2CCC2)c1C(=O)O.Cn1ncc(C(=O)N2CCC2)c1C(N)=O. The molecule has 0 spiro atoms. The summed E-state index contributed by atoms with van der Waals surface area (Å²) >= 11 is 0. The Bertz CT molecular complexity index is 9880. The van der Waals surface area contributed by atoms with Crippen LogP contribution in [0, 0.1) is 687 Å². The van der Waals surface area contributed by atoms with Gasteiger partial charge in [0.15, 0.2) is 5.69 Å². The fourth-order valence-corrected chi connectivity index (χ4v) is 6.68. The lowest BCUT2D eigenvalue weighted by molar-refractivity contribution is 0.0621. The number of carboxylic acids is 1. The molecule has 2 aromatic heterocycles. The molecule has 632 valence electrons. The highest BCUT2D eigenvalue weighted by Crippen LogP contribution is 2.17. The number of aryl methyl sites for hydroxylation is 2. The van der Waals surface area contributed by atoms with E-state index in [1.54, 1.807) is 23.8 Å². The van der Waals surface area contributed by atoms with E-state index in [1.807, 2.05) is 0 Å². The smallest absolute Gasteiger partial charge is 0.354 e. The number of amides is 3. The van der Waals surface area contributed by atoms with Crippen molar-refractivity contribution in [3.8, 4) is 687 Å². The second kappa shape index (κ2) is 90.1. The molecular formula is C135H27N7O5. The molecule has 4 heterocycles. The quantitative estimate of drug-likeness (QED) is 0.414. The van der Waals surface area contributed by atoms with Gasteiger partial charge in [-0.1, -0.05) is 5.92 Å². The second-order valence-corrected chi connectivity index (χ2v) is 21.5. The van der Waals surface area contributed by atoms with Crippen LogP contribution in [-0.4, -0.2) is 84.3 Å². The van der Waals surface area contributed by atoms with Crippen LogP contribution >= 0.6 is 0 Å². The van der Waals surface area contributed by atoms with E-state index >= 15 is 0 Å². The fourth-order valence-electron chi connectivity index (χ4n) is 6.68. The van der Waals surface area contributed by atoms with Crippen molar-refractivity contribution in [2.45, 2.75) is 19.8 Å². The Kier molecular flexibility index (Phi) is 69.8. The third-order valence-electron chi connectivity index (χ3n) is 12.3. The first kappa shape index (κ1) is 114. The van der Waals surface area contributed by atoms with E-state index in [-0.39, 0.29) is 28.8 Å². The molecular weight excluding hydrogens is 1800 g/mol. The van der Waals surface area contributed by atoms with Crippen molar-refractivity contribution in [1.29, 1.82) is 0 Å². The number of primary amides is 1. The Morgan fingerprint density at radius 2 is 0.333 bits per heavy atom. The maximum atomic E-state index is 11.8. The topological polar surface area (TPSA) is 157 Å². The van der Waals surface area contributed by atoms with Crippen molar-refractivity contribution in [3.63, 3.8) is 0 Å². The first-order valence-corrected chi connectivity index (χ1v) is 38.7. The van der Waals surface area contributed by atoms with Crippen LogP contribution < -0.4 is 5.73 Å². The zero-order valence-corrected chi connectivity index (χ0v) is 75.8. The molecule has 0 saturated carbocycles. The van der Waals surface area contributed by atoms with Crippen molar-refractivity contribution < 1.29 is 24.3 Å². The lowest BCUT2D eigenvalue weighted by Gasteiger charge is -2.30. The molecule has 2 aliphatic heterocycles. The standard InChI is InChI=1S/C117H4.C9H12N4O2.C9H11N3O3/c1-3-5-7-9-11-13-15-17-19-21-23-25-27-29-31-33-35-37-39-41-43-45-47-49-51-53-55-57-59-61-63-65-67-69-71-73-75-77-79-81-83-85-87-89-91-93-95-97-99-101-103-105-107-109-111-113-115-117-116-114-112-110-108-106-104-102-100-98-96-94-92-90-88-86-84-82-80-78-76-74-72-70-68-66-64-62-60-58-56-54-52-50-48-46-44-42-40-38-36-34-32-30-28-26-24-22-20-18-16-14-12-10-8-6-4-2;1-12-7(8(10)14)6(5-11-12)9(15)13-3-2-4-13;1-11-7(9(14)15)6(5-10-11)8(13)12-3-2-4-12/h1H,2H3;5H,2-4H2,1H3,(H2,10,14);5H,2-4H2,1H3,(H,14,15). The van der Waals surface area contributed by atoms with Crippen molar-refractivity contribution >= 4 is 23.7 Å². The first-order valence-electron chi connectivity index (χ1n) is 38.7. The molecule has 12 heteroatoms. The number of carboxylic acid groups (broad SMARTS) is 1. The summed E-state index contributed by atoms with van der Waals surface area (Å²) < 4.78 is 2.53. The Morgan fingerprint density at radius 1 is 0.218 bits per heavy atom. The van der Waals surface area contributed by atoms with Gasteiger partial charge in [0.1, 0.15) is 5.69 Å². The van der Waals surface area contributed by atoms with Gasteiger partial charge in [0, 0.05) is 620 Å². The van der Waals surface area contributed by atoms with Crippen LogP contribution in [0.5, 0.6) is 0 Å². The van der Waals surface area contributed by atoms with Gasteiger partial charge in [-0.25, -0.2) is 4.79 Å². The zero-order valence-electron chi connectivity index (χ0n) is 75.8. The molecule has 0 aromatic carbocycles. The number of aromatic carboxylic acids is 1. The van der Waals surface area contributed by atoms with Crippen molar-refractivity contribution in [3.05, 3.63) is 34.9 Å². The molecule has 2 fully saturated rings. The van der Waals surface area contributed by atoms with Crippen LogP contribution in [0.1, 0.15) is 61.5 Å². The Morgan fingerprint density at radius 3 is 0.435 bits per heavy atom. The normalized spacial score (nSPS) is 6.19. The number of carbonyl (C=O) groups is 4. The number of aromatic nitrogens is 4. The number of terminal acetylenes is 1. The summed E-state index contributed by atoms with van der Waals surface area (Å²) in [5.41, 5.74) is 5.78. The number of nitrogens with two attached hydrogens (primary N) is 1. The third-order valence-corrected chi connectivity index (χ3v) is 12.3. The summed E-state index contributed by atoms with van der Waals surface area (Å²) in [6.45, 7) is 4.57. The number of carbonyl (C=O) groups excluding carboxylic acids is 3. The second-order valence-electron chi connectivity index (χ2n) is 21.5. The summed E-state index contributed by atoms with van der Waals surface area (Å²) in [6, 6.07) is 0. The Hall–Kier alpha value is -29.2. The van der Waals surface area contributed by atoms with Crippen LogP contribution in [0.3, 0.4) is 0 Å². The Balaban J connectivity index is 0.00000203. The van der Waals surface area contributed by atoms with Gasteiger partial charge in [-0.15, -0.1) is 6.42 Å².